The van der Waals surface area contributed by atoms with Gasteiger partial charge in [0.1, 0.15) is 29.8 Å². The Morgan fingerprint density at radius 1 is 1.44 bits per heavy atom. The second kappa shape index (κ2) is 5.70. The number of fused-ring (bicyclic) bond motifs is 1. The summed E-state index contributed by atoms with van der Waals surface area (Å²) in [4.78, 5) is 36.0. The van der Waals surface area contributed by atoms with Crippen molar-refractivity contribution in [3.8, 4) is 0 Å². The standard InChI is InChI=1S/C14H20N6O5/c1-14(2,3)25-13(24)19-4-6(21)9(22)8(19)7-10-17-11(15)18-12(23)20(10)5-16-7/h5-6,8-9,21-22H,4H2,1-3H3,(H3,15,17,18,23)/t6-,8-,9+/m0/s1. The van der Waals surface area contributed by atoms with Crippen molar-refractivity contribution in [3.05, 3.63) is 22.5 Å². The molecule has 0 radical (unpaired) electrons. The average Bonchev–Trinajstić information content (AvgIpc) is 2.99. The quantitative estimate of drug-likeness (QED) is 0.509. The topological polar surface area (TPSA) is 159 Å². The SMILES string of the molecule is CC(C)(C)OC(=O)N1C[C@H](O)[C@@H](O)[C@@H]1c1ncn2c(=O)[nH]c(N)nc12. The maximum absolute atomic E-state index is 12.5. The highest BCUT2D eigenvalue weighted by atomic mass is 16.6. The predicted octanol–water partition coefficient (Wildman–Crippen LogP) is -0.987. The number of hydrogen-bond donors (Lipinski definition) is 4. The molecule has 0 bridgehead atoms. The Kier molecular flexibility index (Phi) is 3.92. The first-order valence-corrected chi connectivity index (χ1v) is 7.67. The van der Waals surface area contributed by atoms with E-state index in [1.165, 1.54) is 11.2 Å². The van der Waals surface area contributed by atoms with Crippen LogP contribution < -0.4 is 11.4 Å². The van der Waals surface area contributed by atoms with E-state index in [1.54, 1.807) is 20.8 Å². The first-order chi connectivity index (χ1) is 11.6. The highest BCUT2D eigenvalue weighted by molar-refractivity contribution is 5.70. The molecule has 1 saturated heterocycles. The van der Waals surface area contributed by atoms with Gasteiger partial charge in [0.2, 0.25) is 5.95 Å². The smallest absolute Gasteiger partial charge is 0.411 e. The monoisotopic (exact) mass is 352 g/mol. The highest BCUT2D eigenvalue weighted by Crippen LogP contribution is 2.34. The molecule has 136 valence electrons. The summed E-state index contributed by atoms with van der Waals surface area (Å²) in [6.07, 6.45) is -2.00. The van der Waals surface area contributed by atoms with Gasteiger partial charge in [0.05, 0.1) is 12.6 Å². The van der Waals surface area contributed by atoms with Crippen LogP contribution in [-0.2, 0) is 4.74 Å². The molecule has 1 amide bonds. The van der Waals surface area contributed by atoms with Gasteiger partial charge < -0.3 is 20.7 Å². The molecular weight excluding hydrogens is 332 g/mol. The number of nitrogens with zero attached hydrogens (tertiary/aromatic N) is 4. The van der Waals surface area contributed by atoms with Crippen LogP contribution >= 0.6 is 0 Å². The van der Waals surface area contributed by atoms with Crippen molar-refractivity contribution in [2.24, 2.45) is 0 Å². The number of β-amino-alcohol motifs (C(OH)–C–C–N with tert-alkyl or cyclic N) is 1. The van der Waals surface area contributed by atoms with Crippen molar-refractivity contribution < 1.29 is 19.7 Å². The van der Waals surface area contributed by atoms with Crippen molar-refractivity contribution >= 4 is 17.7 Å². The zero-order chi connectivity index (χ0) is 18.5. The summed E-state index contributed by atoms with van der Waals surface area (Å²) in [7, 11) is 0. The Bertz CT molecular complexity index is 869. The zero-order valence-corrected chi connectivity index (χ0v) is 14.0. The Morgan fingerprint density at radius 2 is 2.12 bits per heavy atom. The van der Waals surface area contributed by atoms with Crippen molar-refractivity contribution in [2.75, 3.05) is 12.3 Å². The van der Waals surface area contributed by atoms with Crippen LogP contribution in [0.3, 0.4) is 0 Å². The number of aromatic nitrogens is 4. The Morgan fingerprint density at radius 3 is 2.76 bits per heavy atom. The molecule has 3 heterocycles. The molecule has 25 heavy (non-hydrogen) atoms. The van der Waals surface area contributed by atoms with E-state index in [-0.39, 0.29) is 23.8 Å². The van der Waals surface area contributed by atoms with E-state index in [0.717, 1.165) is 4.40 Å². The minimum Gasteiger partial charge on any atom is -0.444 e. The van der Waals surface area contributed by atoms with E-state index in [0.29, 0.717) is 0 Å². The number of anilines is 1. The number of amides is 1. The number of imidazole rings is 1. The molecule has 1 aliphatic heterocycles. The van der Waals surface area contributed by atoms with Gasteiger partial charge in [-0.25, -0.2) is 19.0 Å². The molecule has 11 nitrogen and oxygen atoms in total. The summed E-state index contributed by atoms with van der Waals surface area (Å²) < 4.78 is 6.43. The summed E-state index contributed by atoms with van der Waals surface area (Å²) in [6.45, 7) is 4.97. The van der Waals surface area contributed by atoms with Gasteiger partial charge in [0, 0.05) is 0 Å². The molecular formula is C14H20N6O5. The van der Waals surface area contributed by atoms with Gasteiger partial charge in [-0.05, 0) is 20.8 Å². The molecule has 1 fully saturated rings. The van der Waals surface area contributed by atoms with Crippen LogP contribution in [0.4, 0.5) is 10.7 Å². The molecule has 2 aromatic rings. The lowest BCUT2D eigenvalue weighted by molar-refractivity contribution is 0.0129. The highest BCUT2D eigenvalue weighted by Gasteiger charge is 2.46. The van der Waals surface area contributed by atoms with Gasteiger partial charge in [-0.3, -0.25) is 9.88 Å². The fourth-order valence-electron chi connectivity index (χ4n) is 2.77. The summed E-state index contributed by atoms with van der Waals surface area (Å²) in [5.74, 6) is -0.129. The van der Waals surface area contributed by atoms with E-state index >= 15 is 0 Å². The van der Waals surface area contributed by atoms with E-state index in [4.69, 9.17) is 10.5 Å². The number of aliphatic hydroxyl groups is 2. The molecule has 0 saturated carbocycles. The molecule has 0 aromatic carbocycles. The third kappa shape index (κ3) is 3.03. The molecule has 0 aliphatic carbocycles. The number of carbonyl (C=O) groups is 1. The Hall–Kier alpha value is -2.66. The minimum atomic E-state index is -1.31. The Labute approximate surface area is 142 Å². The van der Waals surface area contributed by atoms with Gasteiger partial charge in [0.15, 0.2) is 5.65 Å². The first-order valence-electron chi connectivity index (χ1n) is 7.67. The van der Waals surface area contributed by atoms with Crippen LogP contribution in [0.5, 0.6) is 0 Å². The number of hydrogen-bond acceptors (Lipinski definition) is 8. The number of H-pyrrole nitrogens is 1. The third-order valence-corrected chi connectivity index (χ3v) is 3.80. The minimum absolute atomic E-state index is 0.0907. The van der Waals surface area contributed by atoms with Crippen LogP contribution in [0.1, 0.15) is 32.5 Å². The number of likely N-dealkylation sites (tertiary alicyclic amines) is 1. The number of aromatic amines is 1. The first kappa shape index (κ1) is 17.2. The maximum Gasteiger partial charge on any atom is 0.411 e. The van der Waals surface area contributed by atoms with Gasteiger partial charge in [-0.15, -0.1) is 0 Å². The van der Waals surface area contributed by atoms with E-state index < -0.39 is 35.6 Å². The molecule has 1 aliphatic rings. The number of carbonyl (C=O) groups excluding carboxylic acids is 1. The van der Waals surface area contributed by atoms with E-state index in [9.17, 15) is 19.8 Å². The third-order valence-electron chi connectivity index (χ3n) is 3.80. The largest absolute Gasteiger partial charge is 0.444 e. The normalized spacial score (nSPS) is 24.0. The van der Waals surface area contributed by atoms with Gasteiger partial charge in [-0.2, -0.15) is 4.98 Å². The lowest BCUT2D eigenvalue weighted by Crippen LogP contribution is -2.38. The second-order valence-corrected chi connectivity index (χ2v) is 6.89. The zero-order valence-electron chi connectivity index (χ0n) is 14.0. The lowest BCUT2D eigenvalue weighted by atomic mass is 10.1. The average molecular weight is 352 g/mol. The summed E-state index contributed by atoms with van der Waals surface area (Å²) in [5, 5.41) is 20.4. The molecule has 0 unspecified atom stereocenters. The van der Waals surface area contributed by atoms with Gasteiger partial charge >= 0.3 is 11.8 Å². The lowest BCUT2D eigenvalue weighted by Gasteiger charge is -2.28. The molecule has 0 spiro atoms. The van der Waals surface area contributed by atoms with Crippen LogP contribution in [0.2, 0.25) is 0 Å². The predicted molar refractivity (Wildman–Crippen MR) is 85.7 cm³/mol. The molecule has 11 heteroatoms. The number of aliphatic hydroxyl groups excluding tert-OH is 2. The van der Waals surface area contributed by atoms with Crippen molar-refractivity contribution in [1.29, 1.82) is 0 Å². The van der Waals surface area contributed by atoms with E-state index in [2.05, 4.69) is 15.0 Å². The fourth-order valence-corrected chi connectivity index (χ4v) is 2.77. The molecule has 3 rings (SSSR count). The summed E-state index contributed by atoms with van der Waals surface area (Å²) >= 11 is 0. The number of nitrogens with one attached hydrogen (secondary N) is 1. The van der Waals surface area contributed by atoms with Crippen molar-refractivity contribution in [3.63, 3.8) is 0 Å². The van der Waals surface area contributed by atoms with Crippen LogP contribution in [0.15, 0.2) is 11.1 Å². The van der Waals surface area contributed by atoms with Crippen molar-refractivity contribution in [1.82, 2.24) is 24.3 Å². The molecule has 3 atom stereocenters. The maximum atomic E-state index is 12.5. The van der Waals surface area contributed by atoms with Crippen LogP contribution in [0.25, 0.3) is 5.65 Å². The van der Waals surface area contributed by atoms with Gasteiger partial charge in [-0.1, -0.05) is 0 Å². The molecule has 2 aromatic heterocycles. The fraction of sp³-hybridized carbons (Fsp3) is 0.571. The Balaban J connectivity index is 2.06. The second-order valence-electron chi connectivity index (χ2n) is 6.89. The number of nitrogens with two attached hydrogens (primary N) is 1. The summed E-state index contributed by atoms with van der Waals surface area (Å²) in [5.41, 5.74) is 4.49. The van der Waals surface area contributed by atoms with Gasteiger partial charge in [0.25, 0.3) is 0 Å². The summed E-state index contributed by atoms with van der Waals surface area (Å²) in [6, 6.07) is -1.02. The molecule has 5 N–H and O–H groups in total. The number of ether oxygens (including phenoxy) is 1. The van der Waals surface area contributed by atoms with E-state index in [1.807, 2.05) is 0 Å². The van der Waals surface area contributed by atoms with Crippen LogP contribution in [0, 0.1) is 0 Å². The van der Waals surface area contributed by atoms with Crippen LogP contribution in [-0.4, -0.2) is 64.9 Å². The number of rotatable bonds is 1. The van der Waals surface area contributed by atoms with Crippen molar-refractivity contribution in [2.45, 2.75) is 44.6 Å². The number of nitrogen functional groups attached to an aromatic ring is 1.